The molecule has 0 bridgehead atoms. The van der Waals surface area contributed by atoms with E-state index in [1.165, 1.54) is 17.4 Å². The molecular formula is C21H28N6O3S. The minimum absolute atomic E-state index is 0.0843. The average Bonchev–Trinajstić information content (AvgIpc) is 2.80. The highest BCUT2D eigenvalue weighted by atomic mass is 32.2. The number of benzene rings is 1. The second kappa shape index (κ2) is 10.2. The van der Waals surface area contributed by atoms with Crippen LogP contribution in [0.4, 0.5) is 23.0 Å². The number of aliphatic carboxylic acids is 1. The zero-order valence-electron chi connectivity index (χ0n) is 17.7. The molecule has 0 spiro atoms. The van der Waals surface area contributed by atoms with Gasteiger partial charge in [-0.05, 0) is 30.5 Å². The van der Waals surface area contributed by atoms with Crippen LogP contribution in [-0.4, -0.2) is 91.2 Å². The Morgan fingerprint density at radius 1 is 1.06 bits per heavy atom. The number of carboxylic acids is 1. The largest absolute Gasteiger partial charge is 0.480 e. The van der Waals surface area contributed by atoms with Crippen molar-refractivity contribution in [2.75, 3.05) is 80.4 Å². The van der Waals surface area contributed by atoms with Crippen LogP contribution in [0.3, 0.4) is 0 Å². The second-order valence-corrected chi connectivity index (χ2v) is 8.30. The highest BCUT2D eigenvalue weighted by molar-refractivity contribution is 7.98. The van der Waals surface area contributed by atoms with Gasteiger partial charge in [0.25, 0.3) is 0 Å². The first kappa shape index (κ1) is 21.7. The highest BCUT2D eigenvalue weighted by Gasteiger charge is 2.21. The molecule has 2 saturated heterocycles. The van der Waals surface area contributed by atoms with Crippen molar-refractivity contribution in [1.29, 1.82) is 0 Å². The molecule has 2 N–H and O–H groups in total. The molecule has 166 valence electrons. The third kappa shape index (κ3) is 5.78. The summed E-state index contributed by atoms with van der Waals surface area (Å²) in [5.74, 6) is 0.828. The zero-order chi connectivity index (χ0) is 21.6. The molecule has 4 rings (SSSR count). The molecule has 0 atom stereocenters. The Kier molecular flexibility index (Phi) is 7.10. The Bertz CT molecular complexity index is 883. The first-order valence-corrected chi connectivity index (χ1v) is 11.6. The van der Waals surface area contributed by atoms with Gasteiger partial charge in [-0.2, -0.15) is 0 Å². The van der Waals surface area contributed by atoms with Gasteiger partial charge in [0, 0.05) is 56.7 Å². The van der Waals surface area contributed by atoms with Crippen LogP contribution >= 0.6 is 11.8 Å². The number of hydrogen-bond donors (Lipinski definition) is 2. The van der Waals surface area contributed by atoms with Gasteiger partial charge in [0.15, 0.2) is 5.16 Å². The summed E-state index contributed by atoms with van der Waals surface area (Å²) in [4.78, 5) is 26.7. The van der Waals surface area contributed by atoms with Crippen molar-refractivity contribution in [3.8, 4) is 0 Å². The molecule has 9 nitrogen and oxygen atoms in total. The minimum Gasteiger partial charge on any atom is -0.480 e. The Hall–Kier alpha value is -2.56. The molecule has 2 aromatic rings. The summed E-state index contributed by atoms with van der Waals surface area (Å²) in [6, 6.07) is 10.3. The Morgan fingerprint density at radius 2 is 1.77 bits per heavy atom. The maximum absolute atomic E-state index is 10.9. The molecule has 0 unspecified atom stereocenters. The predicted molar refractivity (Wildman–Crippen MR) is 123 cm³/mol. The molecule has 1 aromatic carbocycles. The number of morpholine rings is 1. The molecule has 3 heterocycles. The number of aromatic nitrogens is 2. The molecule has 0 amide bonds. The van der Waals surface area contributed by atoms with Crippen molar-refractivity contribution in [2.24, 2.45) is 0 Å². The standard InChI is InChI=1S/C21H28N6O3S/c1-31-21-23-18(14-19(24-21)27-8-6-25(7-9-27)15-20(28)29)22-16-2-4-17(5-3-16)26-10-12-30-13-11-26/h2-5,14H,6-13,15H2,1H3,(H,28,29)(H,22,23,24). The van der Waals surface area contributed by atoms with Crippen LogP contribution in [0.15, 0.2) is 35.5 Å². The fraction of sp³-hybridized carbons (Fsp3) is 0.476. The third-order valence-corrected chi connectivity index (χ3v) is 5.99. The lowest BCUT2D eigenvalue weighted by molar-refractivity contribution is -0.138. The summed E-state index contributed by atoms with van der Waals surface area (Å²) in [5.41, 5.74) is 2.17. The maximum Gasteiger partial charge on any atom is 0.317 e. The SMILES string of the molecule is CSc1nc(Nc2ccc(N3CCOCC3)cc2)cc(N2CCN(CC(=O)O)CC2)n1. The molecule has 1 aromatic heterocycles. The quantitative estimate of drug-likeness (QED) is 0.488. The number of carboxylic acid groups (broad SMARTS) is 1. The molecule has 2 fully saturated rings. The number of nitrogens with one attached hydrogen (secondary N) is 1. The smallest absolute Gasteiger partial charge is 0.317 e. The van der Waals surface area contributed by atoms with E-state index in [0.29, 0.717) is 18.2 Å². The highest BCUT2D eigenvalue weighted by Crippen LogP contribution is 2.25. The first-order valence-electron chi connectivity index (χ1n) is 10.4. The van der Waals surface area contributed by atoms with Gasteiger partial charge in [-0.3, -0.25) is 9.69 Å². The number of piperazine rings is 1. The fourth-order valence-corrected chi connectivity index (χ4v) is 4.16. The van der Waals surface area contributed by atoms with E-state index < -0.39 is 5.97 Å². The molecule has 0 radical (unpaired) electrons. The third-order valence-electron chi connectivity index (χ3n) is 5.45. The van der Waals surface area contributed by atoms with Crippen molar-refractivity contribution in [1.82, 2.24) is 14.9 Å². The molecule has 10 heteroatoms. The van der Waals surface area contributed by atoms with Crippen LogP contribution < -0.4 is 15.1 Å². The van der Waals surface area contributed by atoms with Crippen molar-refractivity contribution in [3.05, 3.63) is 30.3 Å². The van der Waals surface area contributed by atoms with E-state index in [-0.39, 0.29) is 6.54 Å². The van der Waals surface area contributed by atoms with Gasteiger partial charge in [-0.15, -0.1) is 0 Å². The number of rotatable bonds is 7. The molecule has 0 saturated carbocycles. The molecule has 0 aliphatic carbocycles. The van der Waals surface area contributed by atoms with Crippen LogP contribution in [0.2, 0.25) is 0 Å². The summed E-state index contributed by atoms with van der Waals surface area (Å²) in [5, 5.41) is 13.1. The van der Waals surface area contributed by atoms with Gasteiger partial charge < -0.3 is 25.0 Å². The normalized spacial score (nSPS) is 17.6. The van der Waals surface area contributed by atoms with E-state index in [2.05, 4.69) is 49.4 Å². The minimum atomic E-state index is -0.786. The summed E-state index contributed by atoms with van der Waals surface area (Å²) >= 11 is 1.51. The number of anilines is 4. The van der Waals surface area contributed by atoms with Crippen molar-refractivity contribution in [2.45, 2.75) is 5.16 Å². The molecule has 31 heavy (non-hydrogen) atoms. The summed E-state index contributed by atoms with van der Waals surface area (Å²) in [7, 11) is 0. The van der Waals surface area contributed by atoms with Gasteiger partial charge >= 0.3 is 5.97 Å². The number of hydrogen-bond acceptors (Lipinski definition) is 9. The number of nitrogens with zero attached hydrogens (tertiary/aromatic N) is 5. The Labute approximate surface area is 186 Å². The zero-order valence-corrected chi connectivity index (χ0v) is 18.5. The van der Waals surface area contributed by atoms with Crippen molar-refractivity contribution >= 4 is 40.7 Å². The number of carbonyl (C=O) groups is 1. The van der Waals surface area contributed by atoms with E-state index >= 15 is 0 Å². The lowest BCUT2D eigenvalue weighted by atomic mass is 10.2. The van der Waals surface area contributed by atoms with Crippen LogP contribution in [0.5, 0.6) is 0 Å². The summed E-state index contributed by atoms with van der Waals surface area (Å²) in [6.45, 7) is 6.35. The van der Waals surface area contributed by atoms with E-state index in [1.807, 2.05) is 17.2 Å². The Morgan fingerprint density at radius 3 is 2.42 bits per heavy atom. The average molecular weight is 445 g/mol. The van der Waals surface area contributed by atoms with Gasteiger partial charge in [-0.1, -0.05) is 11.8 Å². The number of ether oxygens (including phenoxy) is 1. The van der Waals surface area contributed by atoms with Crippen molar-refractivity contribution in [3.63, 3.8) is 0 Å². The lowest BCUT2D eigenvalue weighted by Gasteiger charge is -2.34. The van der Waals surface area contributed by atoms with E-state index in [9.17, 15) is 4.79 Å². The van der Waals surface area contributed by atoms with Crippen LogP contribution in [0, 0.1) is 0 Å². The van der Waals surface area contributed by atoms with Crippen LogP contribution in [0.25, 0.3) is 0 Å². The van der Waals surface area contributed by atoms with Gasteiger partial charge in [0.2, 0.25) is 0 Å². The first-order chi connectivity index (χ1) is 15.1. The molecular weight excluding hydrogens is 416 g/mol. The second-order valence-electron chi connectivity index (χ2n) is 7.53. The topological polar surface area (TPSA) is 94.1 Å². The van der Waals surface area contributed by atoms with Crippen LogP contribution in [-0.2, 0) is 9.53 Å². The summed E-state index contributed by atoms with van der Waals surface area (Å²) in [6.07, 6.45) is 1.96. The predicted octanol–water partition coefficient (Wildman–Crippen LogP) is 1.99. The lowest BCUT2D eigenvalue weighted by Crippen LogP contribution is -2.48. The molecule has 2 aliphatic heterocycles. The maximum atomic E-state index is 10.9. The van der Waals surface area contributed by atoms with E-state index in [0.717, 1.165) is 56.7 Å². The van der Waals surface area contributed by atoms with E-state index in [4.69, 9.17) is 9.84 Å². The van der Waals surface area contributed by atoms with Crippen LogP contribution in [0.1, 0.15) is 0 Å². The van der Waals surface area contributed by atoms with Crippen molar-refractivity contribution < 1.29 is 14.6 Å². The monoisotopic (exact) mass is 444 g/mol. The number of thioether (sulfide) groups is 1. The van der Waals surface area contributed by atoms with Gasteiger partial charge in [-0.25, -0.2) is 9.97 Å². The van der Waals surface area contributed by atoms with Gasteiger partial charge in [0.1, 0.15) is 11.6 Å². The van der Waals surface area contributed by atoms with E-state index in [1.54, 1.807) is 0 Å². The fourth-order valence-electron chi connectivity index (χ4n) is 3.78. The van der Waals surface area contributed by atoms with Gasteiger partial charge in [0.05, 0.1) is 19.8 Å². The Balaban J connectivity index is 1.43. The summed E-state index contributed by atoms with van der Waals surface area (Å²) < 4.78 is 5.43. The molecule has 2 aliphatic rings.